The second kappa shape index (κ2) is 10.4. The minimum Gasteiger partial charge on any atom is -0.481 e. The summed E-state index contributed by atoms with van der Waals surface area (Å²) in [5.41, 5.74) is -1.32. The predicted octanol–water partition coefficient (Wildman–Crippen LogP) is 1.81. The van der Waals surface area contributed by atoms with Gasteiger partial charge in [-0.25, -0.2) is 4.79 Å². The van der Waals surface area contributed by atoms with Crippen LogP contribution in [0.25, 0.3) is 0 Å². The molecule has 1 amide bonds. The Balaban J connectivity index is 2.96. The van der Waals surface area contributed by atoms with Gasteiger partial charge in [0.25, 0.3) is 0 Å². The third-order valence-electron chi connectivity index (χ3n) is 4.17. The number of ketones is 1. The van der Waals surface area contributed by atoms with Crippen molar-refractivity contribution < 1.29 is 33.8 Å². The second-order valence-electron chi connectivity index (χ2n) is 8.80. The predicted molar refractivity (Wildman–Crippen MR) is 108 cm³/mol. The van der Waals surface area contributed by atoms with Crippen LogP contribution in [0.2, 0.25) is 0 Å². The topological polar surface area (TPSA) is 113 Å². The molecule has 0 bridgehead atoms. The van der Waals surface area contributed by atoms with E-state index in [1.807, 2.05) is 32.0 Å². The second-order valence-corrected chi connectivity index (χ2v) is 8.80. The molecule has 1 aromatic carbocycles. The Labute approximate surface area is 172 Å². The zero-order valence-electron chi connectivity index (χ0n) is 17.8. The minimum atomic E-state index is -2.11. The molecule has 0 saturated heterocycles. The molecule has 0 heterocycles. The van der Waals surface area contributed by atoms with E-state index in [4.69, 9.17) is 4.74 Å². The number of alkyl carbamates (subject to hydrolysis) is 1. The average molecular weight is 410 g/mol. The molecule has 2 atom stereocenters. The van der Waals surface area contributed by atoms with Gasteiger partial charge in [-0.05, 0) is 17.9 Å². The maximum absolute atomic E-state index is 13.1. The summed E-state index contributed by atoms with van der Waals surface area (Å²) in [6.07, 6.45) is -1.29. The van der Waals surface area contributed by atoms with Crippen molar-refractivity contribution in [1.29, 1.82) is 0 Å². The molecule has 8 nitrogen and oxygen atoms in total. The van der Waals surface area contributed by atoms with Crippen LogP contribution in [-0.4, -0.2) is 71.9 Å². The van der Waals surface area contributed by atoms with Crippen LogP contribution in [0.1, 0.15) is 32.3 Å². The molecule has 0 radical (unpaired) electrons. The molecule has 3 N–H and O–H groups in total. The lowest BCUT2D eigenvalue weighted by Crippen LogP contribution is -2.60. The van der Waals surface area contributed by atoms with Crippen molar-refractivity contribution in [2.75, 3.05) is 27.7 Å². The standard InChI is InChI=1S/C21H32N2O6/c1-15(2)11-17(22-20(27)29-13-16-9-7-6-8-10-16)19(26)21(28,12-18(24)25)14-23(3,4)5/h6-10,15,17,28H,11-14H2,1-5H3,(H-,22,24,25,27)/p+1/t17-,21+/m0/s1. The molecule has 0 fully saturated rings. The van der Waals surface area contributed by atoms with Gasteiger partial charge in [0.1, 0.15) is 13.2 Å². The molecule has 0 aliphatic rings. The van der Waals surface area contributed by atoms with Crippen LogP contribution in [0.15, 0.2) is 30.3 Å². The van der Waals surface area contributed by atoms with Crippen LogP contribution in [0.4, 0.5) is 4.79 Å². The number of likely N-dealkylation sites (N-methyl/N-ethyl adjacent to an activating group) is 1. The number of quaternary nitrogens is 1. The Morgan fingerprint density at radius 1 is 1.14 bits per heavy atom. The van der Waals surface area contributed by atoms with Gasteiger partial charge in [-0.3, -0.25) is 9.59 Å². The van der Waals surface area contributed by atoms with Crippen LogP contribution < -0.4 is 5.32 Å². The van der Waals surface area contributed by atoms with Gasteiger partial charge >= 0.3 is 12.1 Å². The molecular formula is C21H33N2O6+. The maximum Gasteiger partial charge on any atom is 0.408 e. The number of hydrogen-bond acceptors (Lipinski definition) is 5. The Morgan fingerprint density at radius 2 is 1.72 bits per heavy atom. The molecule has 8 heteroatoms. The molecule has 0 aromatic heterocycles. The van der Waals surface area contributed by atoms with Gasteiger partial charge in [-0.1, -0.05) is 44.2 Å². The van der Waals surface area contributed by atoms with E-state index < -0.39 is 35.9 Å². The first kappa shape index (κ1) is 24.6. The van der Waals surface area contributed by atoms with E-state index in [9.17, 15) is 24.6 Å². The van der Waals surface area contributed by atoms with Gasteiger partial charge in [-0.15, -0.1) is 0 Å². The smallest absolute Gasteiger partial charge is 0.408 e. The van der Waals surface area contributed by atoms with E-state index in [1.54, 1.807) is 33.3 Å². The number of aliphatic hydroxyl groups is 1. The molecular weight excluding hydrogens is 376 g/mol. The monoisotopic (exact) mass is 409 g/mol. The number of aliphatic carboxylic acids is 1. The number of nitrogens with zero attached hydrogens (tertiary/aromatic N) is 1. The van der Waals surface area contributed by atoms with E-state index in [1.165, 1.54) is 0 Å². The summed E-state index contributed by atoms with van der Waals surface area (Å²) in [5.74, 6) is -1.99. The van der Waals surface area contributed by atoms with Crippen molar-refractivity contribution >= 4 is 17.8 Å². The highest BCUT2D eigenvalue weighted by atomic mass is 16.5. The number of carboxylic acid groups (broad SMARTS) is 1. The SMILES string of the molecule is CC(C)C[C@H](NC(=O)OCc1ccccc1)C(=O)[C@@](O)(CC(=O)O)C[N+](C)(C)C. The third-order valence-corrected chi connectivity index (χ3v) is 4.17. The fourth-order valence-corrected chi connectivity index (χ4v) is 3.19. The summed E-state index contributed by atoms with van der Waals surface area (Å²) >= 11 is 0. The number of carbonyl (C=O) groups excluding carboxylic acids is 2. The Bertz CT molecular complexity index is 699. The average Bonchev–Trinajstić information content (AvgIpc) is 2.57. The van der Waals surface area contributed by atoms with Crippen molar-refractivity contribution in [2.24, 2.45) is 5.92 Å². The fraction of sp³-hybridized carbons (Fsp3) is 0.571. The zero-order chi connectivity index (χ0) is 22.2. The molecule has 162 valence electrons. The van der Waals surface area contributed by atoms with E-state index in [-0.39, 0.29) is 30.0 Å². The quantitative estimate of drug-likeness (QED) is 0.481. The van der Waals surface area contributed by atoms with Crippen molar-refractivity contribution in [2.45, 2.75) is 44.9 Å². The molecule has 0 spiro atoms. The third kappa shape index (κ3) is 9.06. The van der Waals surface area contributed by atoms with Gasteiger partial charge < -0.3 is 24.7 Å². The van der Waals surface area contributed by atoms with Crippen molar-refractivity contribution in [3.05, 3.63) is 35.9 Å². The first-order valence-electron chi connectivity index (χ1n) is 9.58. The van der Waals surface area contributed by atoms with Crippen molar-refractivity contribution in [1.82, 2.24) is 5.32 Å². The van der Waals surface area contributed by atoms with Crippen LogP contribution in [-0.2, 0) is 20.9 Å². The van der Waals surface area contributed by atoms with E-state index in [0.717, 1.165) is 5.56 Å². The Hall–Kier alpha value is -2.45. The number of benzene rings is 1. The Morgan fingerprint density at radius 3 is 2.21 bits per heavy atom. The molecule has 1 rings (SSSR count). The summed E-state index contributed by atoms with van der Waals surface area (Å²) in [6, 6.07) is 8.02. The normalized spacial score (nSPS) is 14.7. The molecule has 0 aliphatic carbocycles. The van der Waals surface area contributed by atoms with Crippen LogP contribution in [0.3, 0.4) is 0 Å². The maximum atomic E-state index is 13.1. The lowest BCUT2D eigenvalue weighted by molar-refractivity contribution is -0.875. The number of carboxylic acids is 1. The number of carbonyl (C=O) groups is 3. The Kier molecular flexibility index (Phi) is 8.79. The van der Waals surface area contributed by atoms with Gasteiger partial charge in [-0.2, -0.15) is 0 Å². The van der Waals surface area contributed by atoms with Crippen molar-refractivity contribution in [3.63, 3.8) is 0 Å². The lowest BCUT2D eigenvalue weighted by atomic mass is 9.85. The number of ether oxygens (including phenoxy) is 1. The summed E-state index contributed by atoms with van der Waals surface area (Å²) in [4.78, 5) is 36.7. The molecule has 0 aliphatic heterocycles. The van der Waals surface area contributed by atoms with E-state index in [2.05, 4.69) is 5.32 Å². The van der Waals surface area contributed by atoms with Gasteiger partial charge in [0.15, 0.2) is 11.4 Å². The summed E-state index contributed by atoms with van der Waals surface area (Å²) in [6.45, 7) is 3.67. The highest BCUT2D eigenvalue weighted by Gasteiger charge is 2.46. The van der Waals surface area contributed by atoms with Gasteiger partial charge in [0.2, 0.25) is 0 Å². The van der Waals surface area contributed by atoms with Crippen LogP contribution >= 0.6 is 0 Å². The highest BCUT2D eigenvalue weighted by molar-refractivity contribution is 5.96. The molecule has 1 aromatic rings. The number of hydrogen-bond donors (Lipinski definition) is 3. The first-order chi connectivity index (χ1) is 13.3. The number of rotatable bonds is 11. The number of Topliss-reactive ketones (excluding diaryl/α,β-unsaturated/α-hetero) is 1. The summed E-state index contributed by atoms with van der Waals surface area (Å²) in [7, 11) is 5.25. The van der Waals surface area contributed by atoms with Crippen LogP contribution in [0, 0.1) is 5.92 Å². The minimum absolute atomic E-state index is 0.0246. The van der Waals surface area contributed by atoms with Crippen LogP contribution in [0.5, 0.6) is 0 Å². The zero-order valence-corrected chi connectivity index (χ0v) is 17.8. The highest BCUT2D eigenvalue weighted by Crippen LogP contribution is 2.21. The molecule has 0 unspecified atom stereocenters. The largest absolute Gasteiger partial charge is 0.481 e. The lowest BCUT2D eigenvalue weighted by Gasteiger charge is -2.36. The van der Waals surface area contributed by atoms with E-state index in [0.29, 0.717) is 0 Å². The van der Waals surface area contributed by atoms with E-state index >= 15 is 0 Å². The number of amides is 1. The molecule has 0 saturated carbocycles. The summed E-state index contributed by atoms with van der Waals surface area (Å²) < 4.78 is 5.36. The van der Waals surface area contributed by atoms with Gasteiger partial charge in [0.05, 0.1) is 33.6 Å². The summed E-state index contributed by atoms with van der Waals surface area (Å²) in [5, 5.41) is 22.7. The van der Waals surface area contributed by atoms with Gasteiger partial charge in [0, 0.05) is 0 Å². The molecule has 29 heavy (non-hydrogen) atoms. The fourth-order valence-electron chi connectivity index (χ4n) is 3.19. The first-order valence-corrected chi connectivity index (χ1v) is 9.58. The van der Waals surface area contributed by atoms with Crippen molar-refractivity contribution in [3.8, 4) is 0 Å². The number of nitrogens with one attached hydrogen (secondary N) is 1.